The van der Waals surface area contributed by atoms with E-state index >= 15 is 0 Å². The van der Waals surface area contributed by atoms with Crippen molar-refractivity contribution in [1.29, 1.82) is 0 Å². The third-order valence-corrected chi connectivity index (χ3v) is 3.47. The van der Waals surface area contributed by atoms with E-state index in [-0.39, 0.29) is 5.69 Å². The van der Waals surface area contributed by atoms with Crippen LogP contribution in [0.2, 0.25) is 0 Å². The molecular formula is C19H21N3O5. The molecule has 0 saturated carbocycles. The minimum Gasteiger partial charge on any atom is -0.444 e. The van der Waals surface area contributed by atoms with Crippen LogP contribution in [-0.2, 0) is 4.74 Å². The molecule has 2 N–H and O–H groups in total. The van der Waals surface area contributed by atoms with E-state index in [2.05, 4.69) is 10.6 Å². The Morgan fingerprint density at radius 2 is 1.67 bits per heavy atom. The molecule has 0 radical (unpaired) electrons. The van der Waals surface area contributed by atoms with Crippen molar-refractivity contribution >= 4 is 29.1 Å². The number of carbonyl (C=O) groups excluding carboxylic acids is 2. The van der Waals surface area contributed by atoms with Crippen LogP contribution in [0.25, 0.3) is 0 Å². The van der Waals surface area contributed by atoms with E-state index in [0.29, 0.717) is 22.5 Å². The van der Waals surface area contributed by atoms with Crippen LogP contribution in [0.4, 0.5) is 21.9 Å². The molecule has 2 amide bonds. The normalized spacial score (nSPS) is 10.8. The average molecular weight is 371 g/mol. The van der Waals surface area contributed by atoms with Crippen LogP contribution in [-0.4, -0.2) is 22.5 Å². The molecule has 0 aliphatic heterocycles. The average Bonchev–Trinajstić information content (AvgIpc) is 2.55. The summed E-state index contributed by atoms with van der Waals surface area (Å²) < 4.78 is 5.16. The first-order chi connectivity index (χ1) is 12.5. The van der Waals surface area contributed by atoms with Crippen molar-refractivity contribution in [3.8, 4) is 0 Å². The maximum atomic E-state index is 12.4. The number of hydrogen-bond acceptors (Lipinski definition) is 5. The predicted octanol–water partition coefficient (Wildman–Crippen LogP) is 4.50. The predicted molar refractivity (Wildman–Crippen MR) is 102 cm³/mol. The summed E-state index contributed by atoms with van der Waals surface area (Å²) in [6, 6.07) is 10.5. The van der Waals surface area contributed by atoms with Gasteiger partial charge in [-0.2, -0.15) is 0 Å². The summed E-state index contributed by atoms with van der Waals surface area (Å²) in [5, 5.41) is 16.1. The molecule has 0 fully saturated rings. The van der Waals surface area contributed by atoms with E-state index in [1.54, 1.807) is 45.9 Å². The van der Waals surface area contributed by atoms with E-state index in [1.165, 1.54) is 24.3 Å². The number of nitro benzene ring substituents is 1. The van der Waals surface area contributed by atoms with Crippen molar-refractivity contribution in [2.75, 3.05) is 10.6 Å². The molecule has 0 aromatic heterocycles. The van der Waals surface area contributed by atoms with Gasteiger partial charge in [0.1, 0.15) is 5.60 Å². The number of rotatable bonds is 4. The molecular weight excluding hydrogens is 350 g/mol. The molecule has 0 bridgehead atoms. The first-order valence-corrected chi connectivity index (χ1v) is 8.21. The molecule has 8 heteroatoms. The molecule has 0 unspecified atom stereocenters. The fourth-order valence-electron chi connectivity index (χ4n) is 2.18. The van der Waals surface area contributed by atoms with E-state index in [4.69, 9.17) is 4.74 Å². The van der Waals surface area contributed by atoms with E-state index in [0.717, 1.165) is 0 Å². The fraction of sp³-hybridized carbons (Fsp3) is 0.263. The summed E-state index contributed by atoms with van der Waals surface area (Å²) in [4.78, 5) is 34.5. The lowest BCUT2D eigenvalue weighted by atomic mass is 10.1. The molecule has 0 aliphatic carbocycles. The molecule has 2 aromatic rings. The quantitative estimate of drug-likeness (QED) is 0.607. The van der Waals surface area contributed by atoms with Crippen molar-refractivity contribution in [1.82, 2.24) is 0 Å². The zero-order chi connectivity index (χ0) is 20.2. The third kappa shape index (κ3) is 5.81. The summed E-state index contributed by atoms with van der Waals surface area (Å²) in [6.07, 6.45) is -0.591. The monoisotopic (exact) mass is 371 g/mol. The van der Waals surface area contributed by atoms with Gasteiger partial charge in [-0.1, -0.05) is 6.07 Å². The molecule has 27 heavy (non-hydrogen) atoms. The number of benzene rings is 2. The van der Waals surface area contributed by atoms with Crippen molar-refractivity contribution < 1.29 is 19.2 Å². The largest absolute Gasteiger partial charge is 0.444 e. The third-order valence-electron chi connectivity index (χ3n) is 3.47. The van der Waals surface area contributed by atoms with Gasteiger partial charge in [-0.05, 0) is 57.5 Å². The minimum atomic E-state index is -0.611. The van der Waals surface area contributed by atoms with Gasteiger partial charge in [0.15, 0.2) is 0 Å². The van der Waals surface area contributed by atoms with Gasteiger partial charge in [-0.15, -0.1) is 0 Å². The molecule has 0 spiro atoms. The molecule has 0 heterocycles. The number of anilines is 2. The number of nitrogens with one attached hydrogen (secondary N) is 2. The lowest BCUT2D eigenvalue weighted by Crippen LogP contribution is -2.27. The highest BCUT2D eigenvalue weighted by molar-refractivity contribution is 6.05. The highest BCUT2D eigenvalue weighted by Gasteiger charge is 2.16. The Hall–Kier alpha value is -3.42. The highest BCUT2D eigenvalue weighted by atomic mass is 16.6. The maximum absolute atomic E-state index is 12.4. The van der Waals surface area contributed by atoms with Crippen molar-refractivity contribution in [2.24, 2.45) is 0 Å². The van der Waals surface area contributed by atoms with Gasteiger partial charge in [0.2, 0.25) is 0 Å². The number of amides is 2. The van der Waals surface area contributed by atoms with Crippen LogP contribution in [0.15, 0.2) is 42.5 Å². The Morgan fingerprint density at radius 1 is 1.04 bits per heavy atom. The second-order valence-corrected chi connectivity index (χ2v) is 6.91. The van der Waals surface area contributed by atoms with Gasteiger partial charge < -0.3 is 10.1 Å². The number of aryl methyl sites for hydroxylation is 1. The lowest BCUT2D eigenvalue weighted by Gasteiger charge is -2.19. The zero-order valence-electron chi connectivity index (χ0n) is 15.5. The summed E-state index contributed by atoms with van der Waals surface area (Å²) in [5.74, 6) is -0.414. The molecule has 142 valence electrons. The van der Waals surface area contributed by atoms with Crippen molar-refractivity contribution in [3.05, 3.63) is 63.7 Å². The van der Waals surface area contributed by atoms with Crippen molar-refractivity contribution in [3.63, 3.8) is 0 Å². The Bertz CT molecular complexity index is 870. The van der Waals surface area contributed by atoms with Crippen LogP contribution in [0.1, 0.15) is 36.7 Å². The van der Waals surface area contributed by atoms with Crippen LogP contribution < -0.4 is 10.6 Å². The Kier molecular flexibility index (Phi) is 5.79. The van der Waals surface area contributed by atoms with Gasteiger partial charge in [-0.3, -0.25) is 20.2 Å². The molecule has 0 aliphatic rings. The number of nitrogens with zero attached hydrogens (tertiary/aromatic N) is 1. The SMILES string of the molecule is Cc1ccc([N+](=O)[O-])cc1NC(=O)c1ccc(NC(=O)OC(C)(C)C)cc1. The topological polar surface area (TPSA) is 111 Å². The first kappa shape index (κ1) is 19.9. The summed E-state index contributed by atoms with van der Waals surface area (Å²) in [7, 11) is 0. The lowest BCUT2D eigenvalue weighted by molar-refractivity contribution is -0.384. The first-order valence-electron chi connectivity index (χ1n) is 8.21. The second-order valence-electron chi connectivity index (χ2n) is 6.91. The molecule has 2 rings (SSSR count). The van der Waals surface area contributed by atoms with Gasteiger partial charge in [-0.25, -0.2) is 4.79 Å². The highest BCUT2D eigenvalue weighted by Crippen LogP contribution is 2.22. The van der Waals surface area contributed by atoms with Gasteiger partial charge in [0, 0.05) is 23.4 Å². The number of nitro groups is 1. The fourth-order valence-corrected chi connectivity index (χ4v) is 2.18. The van der Waals surface area contributed by atoms with Crippen molar-refractivity contribution in [2.45, 2.75) is 33.3 Å². The Morgan fingerprint density at radius 3 is 2.22 bits per heavy atom. The number of ether oxygens (including phenoxy) is 1. The summed E-state index contributed by atoms with van der Waals surface area (Å²) in [5.41, 5.74) is 1.18. The van der Waals surface area contributed by atoms with E-state index < -0.39 is 22.5 Å². The Labute approximate surface area is 156 Å². The van der Waals surface area contributed by atoms with Gasteiger partial charge in [0.25, 0.3) is 11.6 Å². The maximum Gasteiger partial charge on any atom is 0.412 e. The van der Waals surface area contributed by atoms with Crippen LogP contribution >= 0.6 is 0 Å². The summed E-state index contributed by atoms with van der Waals surface area (Å²) in [6.45, 7) is 7.02. The van der Waals surface area contributed by atoms with Crippen LogP contribution in [0, 0.1) is 17.0 Å². The smallest absolute Gasteiger partial charge is 0.412 e. The zero-order valence-corrected chi connectivity index (χ0v) is 15.5. The second kappa shape index (κ2) is 7.86. The molecule has 8 nitrogen and oxygen atoms in total. The number of hydrogen-bond donors (Lipinski definition) is 2. The van der Waals surface area contributed by atoms with Gasteiger partial charge in [0.05, 0.1) is 10.6 Å². The van der Waals surface area contributed by atoms with E-state index in [1.807, 2.05) is 0 Å². The standard InChI is InChI=1S/C19H21N3O5/c1-12-5-10-15(22(25)26)11-16(12)21-17(23)13-6-8-14(9-7-13)20-18(24)27-19(2,3)4/h5-11H,1-4H3,(H,20,24)(H,21,23). The minimum absolute atomic E-state index is 0.104. The number of non-ortho nitro benzene ring substituents is 1. The summed E-state index contributed by atoms with van der Waals surface area (Å²) >= 11 is 0. The van der Waals surface area contributed by atoms with Gasteiger partial charge >= 0.3 is 6.09 Å². The van der Waals surface area contributed by atoms with E-state index in [9.17, 15) is 19.7 Å². The molecule has 2 aromatic carbocycles. The molecule has 0 atom stereocenters. The number of carbonyl (C=O) groups is 2. The van der Waals surface area contributed by atoms with Crippen LogP contribution in [0.5, 0.6) is 0 Å². The van der Waals surface area contributed by atoms with Crippen LogP contribution in [0.3, 0.4) is 0 Å². The molecule has 0 saturated heterocycles. The Balaban J connectivity index is 2.07.